The molecule has 0 saturated heterocycles. The van der Waals surface area contributed by atoms with E-state index in [0.717, 1.165) is 0 Å². The first-order chi connectivity index (χ1) is 18.9. The second-order valence-electron chi connectivity index (χ2n) is 8.87. The lowest BCUT2D eigenvalue weighted by Crippen LogP contribution is -2.20. The molecule has 2 atom stereocenters. The van der Waals surface area contributed by atoms with E-state index in [4.69, 9.17) is 10.2 Å². The molecule has 0 aromatic rings. The third kappa shape index (κ3) is 48.2. The summed E-state index contributed by atoms with van der Waals surface area (Å²) in [5, 5.41) is 15.1. The van der Waals surface area contributed by atoms with Gasteiger partial charge in [0, 0.05) is 0 Å². The Morgan fingerprint density at radius 2 is 0.725 bits per heavy atom. The fourth-order valence-corrected chi connectivity index (χ4v) is 2.38. The first-order valence-electron chi connectivity index (χ1n) is 14.5. The second-order valence-corrected chi connectivity index (χ2v) is 8.87. The molecular weight excluding hydrogens is 528 g/mol. The van der Waals surface area contributed by atoms with Gasteiger partial charge in [-0.15, -0.1) is 0 Å². The molecule has 0 rings (SSSR count). The van der Waals surface area contributed by atoms with Gasteiger partial charge in [-0.2, -0.15) is 19.4 Å². The van der Waals surface area contributed by atoms with Crippen LogP contribution in [0.15, 0.2) is 0 Å². The Morgan fingerprint density at radius 1 is 0.475 bits per heavy atom. The van der Waals surface area contributed by atoms with Crippen LogP contribution in [0.2, 0.25) is 0 Å². The molecule has 0 amide bonds. The van der Waals surface area contributed by atoms with E-state index < -0.39 is 24.6 Å². The molecule has 0 aromatic heterocycles. The van der Waals surface area contributed by atoms with Crippen molar-refractivity contribution in [2.24, 2.45) is 0 Å². The number of carbonyl (C=O) groups excluding carboxylic acids is 2. The predicted octanol–water partition coefficient (Wildman–Crippen LogP) is 9.83. The summed E-state index contributed by atoms with van der Waals surface area (Å²) < 4.78 is 9.37. The summed E-state index contributed by atoms with van der Waals surface area (Å²) in [4.78, 5) is 54.8. The van der Waals surface area contributed by atoms with Crippen molar-refractivity contribution in [2.75, 3.05) is 0 Å². The number of carbonyl (C=O) groups is 4. The van der Waals surface area contributed by atoms with Gasteiger partial charge in [0.25, 0.3) is 0 Å². The van der Waals surface area contributed by atoms with E-state index in [1.165, 1.54) is 77.0 Å². The predicted molar refractivity (Wildman–Crippen MR) is 151 cm³/mol. The van der Waals surface area contributed by atoms with Crippen molar-refractivity contribution < 1.29 is 58.4 Å². The van der Waals surface area contributed by atoms with Crippen molar-refractivity contribution in [3.63, 3.8) is 0 Å². The molecule has 2 unspecified atom stereocenters. The van der Waals surface area contributed by atoms with Gasteiger partial charge in [0.15, 0.2) is 0 Å². The maximum Gasteiger partial charge on any atom is 0.550 e. The summed E-state index contributed by atoms with van der Waals surface area (Å²) in [5.74, 6) is 0. The van der Waals surface area contributed by atoms with Gasteiger partial charge in [-0.3, -0.25) is 0 Å². The summed E-state index contributed by atoms with van der Waals surface area (Å²) in [6.07, 6.45) is 12.0. The van der Waals surface area contributed by atoms with E-state index in [2.05, 4.69) is 56.7 Å². The van der Waals surface area contributed by atoms with Crippen LogP contribution in [0.1, 0.15) is 145 Å². The third-order valence-electron chi connectivity index (χ3n) is 5.02. The van der Waals surface area contributed by atoms with Crippen LogP contribution in [-0.4, -0.2) is 47.0 Å². The first-order valence-corrected chi connectivity index (χ1v) is 14.5. The number of rotatable bonds is 14. The van der Waals surface area contributed by atoms with E-state index >= 15 is 0 Å². The molecule has 40 heavy (non-hydrogen) atoms. The highest BCUT2D eigenvalue weighted by Gasteiger charge is 2.16. The van der Waals surface area contributed by atoms with Gasteiger partial charge in [-0.25, -0.2) is 19.4 Å². The Balaban J connectivity index is -0.000000231. The highest BCUT2D eigenvalue weighted by Crippen LogP contribution is 2.04. The van der Waals surface area contributed by atoms with E-state index in [-0.39, 0.29) is 12.2 Å². The monoisotopic (exact) mass is 584 g/mol. The number of hydrogen-bond acceptors (Lipinski definition) is 10. The second kappa shape index (κ2) is 36.1. The molecule has 0 aliphatic carbocycles. The van der Waals surface area contributed by atoms with Crippen molar-refractivity contribution in [2.45, 2.75) is 157 Å². The first kappa shape index (κ1) is 44.1. The van der Waals surface area contributed by atoms with Crippen molar-refractivity contribution in [3.8, 4) is 0 Å². The lowest BCUT2D eigenvalue weighted by Gasteiger charge is -2.11. The molecule has 0 heterocycles. The standard InChI is InChI=1S/C10H18O6.2C8H18.C2H2O6/c1-5-7(3)13-9(11)15-16-10(12)14-8(4)6-2;2*1-3-5-7-8-6-4-2;3-1(4)7-8-2(5)6/h7-8H,5-6H2,1-4H3;2*3-8H2,1-2H3;(H,3,4)(H,5,6). The number of carboxylic acid groups (broad SMARTS) is 2. The molecular formula is C28H56O12. The van der Waals surface area contributed by atoms with Gasteiger partial charge in [0.05, 0.1) is 0 Å². The van der Waals surface area contributed by atoms with E-state index in [1.807, 2.05) is 13.8 Å². The van der Waals surface area contributed by atoms with Gasteiger partial charge >= 0.3 is 24.6 Å². The van der Waals surface area contributed by atoms with Crippen molar-refractivity contribution in [3.05, 3.63) is 0 Å². The van der Waals surface area contributed by atoms with Gasteiger partial charge in [0.1, 0.15) is 12.2 Å². The lowest BCUT2D eigenvalue weighted by molar-refractivity contribution is -0.223. The molecule has 0 aliphatic rings. The summed E-state index contributed by atoms with van der Waals surface area (Å²) in [5.41, 5.74) is 0. The fraction of sp³-hybridized carbons (Fsp3) is 0.857. The fourth-order valence-electron chi connectivity index (χ4n) is 2.38. The largest absolute Gasteiger partial charge is 0.550 e. The van der Waals surface area contributed by atoms with Gasteiger partial charge in [0.2, 0.25) is 0 Å². The third-order valence-corrected chi connectivity index (χ3v) is 5.02. The SMILES string of the molecule is CCC(C)OC(=O)OOC(=O)OC(C)CC.CCCCCCCC.CCCCCCCC.O=C(O)OOC(=O)O. The molecule has 0 saturated carbocycles. The Bertz CT molecular complexity index is 522. The number of ether oxygens (including phenoxy) is 2. The van der Waals surface area contributed by atoms with Gasteiger partial charge in [-0.1, -0.05) is 119 Å². The summed E-state index contributed by atoms with van der Waals surface area (Å²) in [6.45, 7) is 16.1. The molecule has 12 nitrogen and oxygen atoms in total. The van der Waals surface area contributed by atoms with Crippen LogP contribution in [0.25, 0.3) is 0 Å². The zero-order valence-corrected chi connectivity index (χ0v) is 26.0. The molecule has 0 bridgehead atoms. The normalized spacial score (nSPS) is 10.8. The highest BCUT2D eigenvalue weighted by molar-refractivity contribution is 5.63. The van der Waals surface area contributed by atoms with Crippen molar-refractivity contribution >= 4 is 24.6 Å². The van der Waals surface area contributed by atoms with Crippen LogP contribution in [0.4, 0.5) is 19.2 Å². The Hall–Kier alpha value is -2.92. The van der Waals surface area contributed by atoms with Crippen molar-refractivity contribution in [1.29, 1.82) is 0 Å². The van der Waals surface area contributed by atoms with Crippen LogP contribution in [0.5, 0.6) is 0 Å². The maximum atomic E-state index is 10.9. The lowest BCUT2D eigenvalue weighted by atomic mass is 10.1. The van der Waals surface area contributed by atoms with E-state index in [0.29, 0.717) is 12.8 Å². The van der Waals surface area contributed by atoms with Crippen LogP contribution >= 0.6 is 0 Å². The summed E-state index contributed by atoms with van der Waals surface area (Å²) in [7, 11) is 0. The maximum absolute atomic E-state index is 10.9. The molecule has 0 fully saturated rings. The van der Waals surface area contributed by atoms with E-state index in [1.54, 1.807) is 13.8 Å². The summed E-state index contributed by atoms with van der Waals surface area (Å²) >= 11 is 0. The van der Waals surface area contributed by atoms with Crippen LogP contribution < -0.4 is 0 Å². The summed E-state index contributed by atoms with van der Waals surface area (Å²) in [6, 6.07) is 0. The Labute approximate surface area is 240 Å². The minimum atomic E-state index is -1.80. The minimum absolute atomic E-state index is 0.290. The number of unbranched alkanes of at least 4 members (excludes halogenated alkanes) is 10. The van der Waals surface area contributed by atoms with Gasteiger partial charge in [-0.05, 0) is 26.7 Å². The van der Waals surface area contributed by atoms with Crippen LogP contribution in [0, 0.1) is 0 Å². The molecule has 2 N–H and O–H groups in total. The molecule has 0 radical (unpaired) electrons. The average molecular weight is 585 g/mol. The van der Waals surface area contributed by atoms with Crippen LogP contribution in [-0.2, 0) is 29.0 Å². The molecule has 240 valence electrons. The molecule has 0 aliphatic heterocycles. The quantitative estimate of drug-likeness (QED) is 0.0860. The molecule has 0 spiro atoms. The smallest absolute Gasteiger partial charge is 0.447 e. The van der Waals surface area contributed by atoms with Gasteiger partial charge < -0.3 is 19.7 Å². The Morgan fingerprint density at radius 3 is 0.900 bits per heavy atom. The number of hydrogen-bond donors (Lipinski definition) is 2. The van der Waals surface area contributed by atoms with Crippen LogP contribution in [0.3, 0.4) is 0 Å². The minimum Gasteiger partial charge on any atom is -0.447 e. The zero-order chi connectivity index (χ0) is 31.6. The Kier molecular flexibility index (Phi) is 39.8. The zero-order valence-electron chi connectivity index (χ0n) is 26.0. The molecule has 12 heteroatoms. The molecule has 0 aromatic carbocycles. The topological polar surface area (TPSA) is 164 Å². The average Bonchev–Trinajstić information content (AvgIpc) is 2.92. The van der Waals surface area contributed by atoms with Crippen molar-refractivity contribution in [1.82, 2.24) is 0 Å². The highest BCUT2D eigenvalue weighted by atomic mass is 17.3. The van der Waals surface area contributed by atoms with E-state index in [9.17, 15) is 19.2 Å².